The maximum Gasteiger partial charge on any atom is 0.335 e. The summed E-state index contributed by atoms with van der Waals surface area (Å²) in [6.45, 7) is 2.05. The third kappa shape index (κ3) is 6.12. The van der Waals surface area contributed by atoms with Gasteiger partial charge in [-0.05, 0) is 54.4 Å². The molecule has 0 spiro atoms. The van der Waals surface area contributed by atoms with Crippen molar-refractivity contribution < 1.29 is 23.1 Å². The molecule has 0 heterocycles. The van der Waals surface area contributed by atoms with E-state index >= 15 is 0 Å². The minimum absolute atomic E-state index is 0.155. The minimum Gasteiger partial charge on any atom is -0.478 e. The van der Waals surface area contributed by atoms with E-state index in [1.54, 1.807) is 60.7 Å². The predicted octanol–water partition coefficient (Wildman–Crippen LogP) is 3.28. The number of aryl methyl sites for hydroxylation is 1. The molecule has 0 atom stereocenters. The highest BCUT2D eigenvalue weighted by atomic mass is 32.2. The standard InChI is InChI=1S/C24H23N3O5S/c1-17-3-13-22(14-4-17)33(31,32)27(2)16-19-7-9-20(10-8-19)23(28)26-25-15-18-5-11-21(12-6-18)24(29)30/h3-15H,16H2,1-2H3,(H,26,28)(H,29,30)/b25-15-. The Bertz CT molecular complexity index is 1270. The van der Waals surface area contributed by atoms with Crippen molar-refractivity contribution in [2.24, 2.45) is 5.10 Å². The van der Waals surface area contributed by atoms with Gasteiger partial charge >= 0.3 is 5.97 Å². The summed E-state index contributed by atoms with van der Waals surface area (Å²) in [5.41, 5.74) is 5.27. The molecular weight excluding hydrogens is 442 g/mol. The molecule has 0 aliphatic heterocycles. The molecular formula is C24H23N3O5S. The number of hydrogen-bond acceptors (Lipinski definition) is 5. The van der Waals surface area contributed by atoms with Crippen LogP contribution in [0.2, 0.25) is 0 Å². The number of carbonyl (C=O) groups excluding carboxylic acids is 1. The molecule has 0 radical (unpaired) electrons. The summed E-state index contributed by atoms with van der Waals surface area (Å²) >= 11 is 0. The maximum atomic E-state index is 12.7. The van der Waals surface area contributed by atoms with Crippen molar-refractivity contribution >= 4 is 28.1 Å². The Labute approximate surface area is 192 Å². The van der Waals surface area contributed by atoms with Crippen LogP contribution < -0.4 is 5.43 Å². The highest BCUT2D eigenvalue weighted by Crippen LogP contribution is 2.17. The first-order valence-electron chi connectivity index (χ1n) is 9.95. The highest BCUT2D eigenvalue weighted by Gasteiger charge is 2.20. The first-order valence-corrected chi connectivity index (χ1v) is 11.4. The Balaban J connectivity index is 1.59. The van der Waals surface area contributed by atoms with E-state index in [-0.39, 0.29) is 17.0 Å². The lowest BCUT2D eigenvalue weighted by Crippen LogP contribution is -2.26. The van der Waals surface area contributed by atoms with E-state index < -0.39 is 21.9 Å². The van der Waals surface area contributed by atoms with Gasteiger partial charge in [0.05, 0.1) is 16.7 Å². The Hall–Kier alpha value is -3.82. The molecule has 8 nitrogen and oxygen atoms in total. The van der Waals surface area contributed by atoms with E-state index in [1.807, 2.05) is 6.92 Å². The van der Waals surface area contributed by atoms with E-state index in [1.165, 1.54) is 29.7 Å². The van der Waals surface area contributed by atoms with Crippen LogP contribution in [0.5, 0.6) is 0 Å². The first kappa shape index (κ1) is 23.8. The minimum atomic E-state index is -3.62. The fourth-order valence-corrected chi connectivity index (χ4v) is 4.09. The molecule has 170 valence electrons. The second-order valence-electron chi connectivity index (χ2n) is 7.40. The maximum absolute atomic E-state index is 12.7. The second-order valence-corrected chi connectivity index (χ2v) is 9.44. The molecule has 3 aromatic rings. The third-order valence-corrected chi connectivity index (χ3v) is 6.71. The number of carboxylic acids is 1. The zero-order chi connectivity index (χ0) is 24.0. The first-order chi connectivity index (χ1) is 15.7. The SMILES string of the molecule is Cc1ccc(S(=O)(=O)N(C)Cc2ccc(C(=O)N/N=C\c3ccc(C(=O)O)cc3)cc2)cc1. The molecule has 0 aliphatic carbocycles. The fourth-order valence-electron chi connectivity index (χ4n) is 2.94. The van der Waals surface area contributed by atoms with Crippen molar-refractivity contribution in [1.82, 2.24) is 9.73 Å². The van der Waals surface area contributed by atoms with Gasteiger partial charge in [0.2, 0.25) is 10.0 Å². The van der Waals surface area contributed by atoms with Crippen LogP contribution in [0.1, 0.15) is 37.4 Å². The van der Waals surface area contributed by atoms with Crippen LogP contribution in [-0.4, -0.2) is 43.0 Å². The average molecular weight is 466 g/mol. The predicted molar refractivity (Wildman–Crippen MR) is 125 cm³/mol. The van der Waals surface area contributed by atoms with Gasteiger partial charge in [0, 0.05) is 19.2 Å². The van der Waals surface area contributed by atoms with E-state index in [0.29, 0.717) is 11.1 Å². The van der Waals surface area contributed by atoms with Crippen LogP contribution >= 0.6 is 0 Å². The van der Waals surface area contributed by atoms with Crippen molar-refractivity contribution in [2.45, 2.75) is 18.4 Å². The van der Waals surface area contributed by atoms with Gasteiger partial charge in [0.15, 0.2) is 0 Å². The third-order valence-electron chi connectivity index (χ3n) is 4.89. The molecule has 3 aromatic carbocycles. The van der Waals surface area contributed by atoms with Crippen molar-refractivity contribution in [3.05, 3.63) is 101 Å². The molecule has 9 heteroatoms. The lowest BCUT2D eigenvalue weighted by Gasteiger charge is -2.17. The molecule has 3 rings (SSSR count). The van der Waals surface area contributed by atoms with Gasteiger partial charge < -0.3 is 5.11 Å². The van der Waals surface area contributed by atoms with Crippen LogP contribution in [-0.2, 0) is 16.6 Å². The van der Waals surface area contributed by atoms with Crippen molar-refractivity contribution in [1.29, 1.82) is 0 Å². The zero-order valence-corrected chi connectivity index (χ0v) is 18.9. The Morgan fingerprint density at radius 1 is 0.939 bits per heavy atom. The van der Waals surface area contributed by atoms with Gasteiger partial charge in [-0.3, -0.25) is 4.79 Å². The van der Waals surface area contributed by atoms with Gasteiger partial charge in [0.25, 0.3) is 5.91 Å². The second kappa shape index (κ2) is 10.2. The molecule has 0 bridgehead atoms. The Kier molecular flexibility index (Phi) is 7.37. The topological polar surface area (TPSA) is 116 Å². The van der Waals surface area contributed by atoms with Crippen LogP contribution in [0.15, 0.2) is 82.8 Å². The molecule has 33 heavy (non-hydrogen) atoms. The number of benzene rings is 3. The number of sulfonamides is 1. The number of hydrogen-bond donors (Lipinski definition) is 2. The summed E-state index contributed by atoms with van der Waals surface area (Å²) in [4.78, 5) is 23.4. The van der Waals surface area contributed by atoms with Crippen LogP contribution in [0, 0.1) is 6.92 Å². The monoisotopic (exact) mass is 465 g/mol. The van der Waals surface area contributed by atoms with E-state index in [9.17, 15) is 18.0 Å². The van der Waals surface area contributed by atoms with Gasteiger partial charge in [-0.15, -0.1) is 0 Å². The number of amides is 1. The van der Waals surface area contributed by atoms with Crippen LogP contribution in [0.4, 0.5) is 0 Å². The average Bonchev–Trinajstić information content (AvgIpc) is 2.80. The van der Waals surface area contributed by atoms with Gasteiger partial charge in [-0.2, -0.15) is 9.41 Å². The van der Waals surface area contributed by atoms with E-state index in [0.717, 1.165) is 11.1 Å². The number of hydrazone groups is 1. The lowest BCUT2D eigenvalue weighted by molar-refractivity contribution is 0.0696. The largest absolute Gasteiger partial charge is 0.478 e. The smallest absolute Gasteiger partial charge is 0.335 e. The molecule has 1 amide bonds. The summed E-state index contributed by atoms with van der Waals surface area (Å²) in [7, 11) is -2.12. The summed E-state index contributed by atoms with van der Waals surface area (Å²) in [6, 6.07) is 19.3. The van der Waals surface area contributed by atoms with Gasteiger partial charge in [-0.25, -0.2) is 18.6 Å². The Morgan fingerprint density at radius 3 is 2.09 bits per heavy atom. The highest BCUT2D eigenvalue weighted by molar-refractivity contribution is 7.89. The molecule has 0 aromatic heterocycles. The number of rotatable bonds is 8. The lowest BCUT2D eigenvalue weighted by atomic mass is 10.1. The van der Waals surface area contributed by atoms with E-state index in [2.05, 4.69) is 10.5 Å². The molecule has 0 aliphatic rings. The molecule has 0 saturated heterocycles. The Morgan fingerprint density at radius 2 is 1.52 bits per heavy atom. The molecule has 0 fully saturated rings. The quantitative estimate of drug-likeness (QED) is 0.391. The van der Waals surface area contributed by atoms with Gasteiger partial charge in [0.1, 0.15) is 0 Å². The molecule has 0 saturated carbocycles. The van der Waals surface area contributed by atoms with Crippen molar-refractivity contribution in [3.8, 4) is 0 Å². The fraction of sp³-hybridized carbons (Fsp3) is 0.125. The molecule has 2 N–H and O–H groups in total. The summed E-state index contributed by atoms with van der Waals surface area (Å²) in [5.74, 6) is -1.45. The van der Waals surface area contributed by atoms with Crippen molar-refractivity contribution in [3.63, 3.8) is 0 Å². The summed E-state index contributed by atoms with van der Waals surface area (Å²) in [6.07, 6.45) is 1.41. The number of carboxylic acid groups (broad SMARTS) is 1. The van der Waals surface area contributed by atoms with Crippen LogP contribution in [0.3, 0.4) is 0 Å². The number of carbonyl (C=O) groups is 2. The van der Waals surface area contributed by atoms with Gasteiger partial charge in [-0.1, -0.05) is 42.0 Å². The van der Waals surface area contributed by atoms with Crippen molar-refractivity contribution in [2.75, 3.05) is 7.05 Å². The summed E-state index contributed by atoms with van der Waals surface area (Å²) in [5, 5.41) is 12.8. The van der Waals surface area contributed by atoms with E-state index in [4.69, 9.17) is 5.11 Å². The number of nitrogens with zero attached hydrogens (tertiary/aromatic N) is 2. The van der Waals surface area contributed by atoms with Crippen LogP contribution in [0.25, 0.3) is 0 Å². The number of nitrogens with one attached hydrogen (secondary N) is 1. The normalized spacial score (nSPS) is 11.6. The zero-order valence-electron chi connectivity index (χ0n) is 18.1. The number of aromatic carboxylic acids is 1. The molecule has 0 unspecified atom stereocenters. The summed E-state index contributed by atoms with van der Waals surface area (Å²) < 4.78 is 26.7.